The van der Waals surface area contributed by atoms with E-state index < -0.39 is 0 Å². The monoisotopic (exact) mass is 344 g/mol. The summed E-state index contributed by atoms with van der Waals surface area (Å²) < 4.78 is 15.9. The Bertz CT molecular complexity index is 485. The van der Waals surface area contributed by atoms with Gasteiger partial charge in [0.1, 0.15) is 6.61 Å². The van der Waals surface area contributed by atoms with Gasteiger partial charge in [0.2, 0.25) is 5.91 Å². The predicted molar refractivity (Wildman–Crippen MR) is 91.4 cm³/mol. The van der Waals surface area contributed by atoms with Gasteiger partial charge < -0.3 is 24.8 Å². The highest BCUT2D eigenvalue weighted by molar-refractivity contribution is 6.32. The van der Waals surface area contributed by atoms with Crippen LogP contribution in [0.2, 0.25) is 5.02 Å². The Balaban J connectivity index is 2.55. The van der Waals surface area contributed by atoms with Crippen molar-refractivity contribution in [2.75, 3.05) is 45.4 Å². The lowest BCUT2D eigenvalue weighted by Crippen LogP contribution is -2.39. The molecule has 0 aliphatic heterocycles. The molecule has 0 aliphatic rings. The number of nitrogens with one attached hydrogen (secondary N) is 2. The van der Waals surface area contributed by atoms with E-state index in [2.05, 4.69) is 10.6 Å². The normalized spacial score (nSPS) is 11.8. The van der Waals surface area contributed by atoms with E-state index in [9.17, 15) is 4.79 Å². The summed E-state index contributed by atoms with van der Waals surface area (Å²) in [6.45, 7) is 5.90. The van der Waals surface area contributed by atoms with Crippen molar-refractivity contribution in [2.24, 2.45) is 0 Å². The van der Waals surface area contributed by atoms with Crippen LogP contribution < -0.4 is 15.4 Å². The van der Waals surface area contributed by atoms with Crippen molar-refractivity contribution in [3.8, 4) is 5.75 Å². The highest BCUT2D eigenvalue weighted by Crippen LogP contribution is 2.32. The number of carbonyl (C=O) groups is 1. The van der Waals surface area contributed by atoms with E-state index in [1.165, 1.54) is 0 Å². The average molecular weight is 345 g/mol. The lowest BCUT2D eigenvalue weighted by molar-refractivity contribution is -0.120. The fraction of sp³-hybridized carbons (Fsp3) is 0.562. The molecule has 1 unspecified atom stereocenters. The van der Waals surface area contributed by atoms with Gasteiger partial charge in [-0.05, 0) is 26.0 Å². The molecule has 23 heavy (non-hydrogen) atoms. The summed E-state index contributed by atoms with van der Waals surface area (Å²) in [5.74, 6) is 0.390. The topological polar surface area (TPSA) is 68.8 Å². The van der Waals surface area contributed by atoms with Crippen molar-refractivity contribution in [3.63, 3.8) is 0 Å². The number of amides is 1. The van der Waals surface area contributed by atoms with E-state index in [0.717, 1.165) is 0 Å². The Kier molecular flexibility index (Phi) is 9.43. The van der Waals surface area contributed by atoms with Gasteiger partial charge >= 0.3 is 0 Å². The van der Waals surface area contributed by atoms with E-state index >= 15 is 0 Å². The Morgan fingerprint density at radius 3 is 2.83 bits per heavy atom. The molecule has 2 N–H and O–H groups in total. The molecule has 6 nitrogen and oxygen atoms in total. The van der Waals surface area contributed by atoms with Gasteiger partial charge in [-0.1, -0.05) is 17.7 Å². The summed E-state index contributed by atoms with van der Waals surface area (Å²) in [7, 11) is 1.60. The Hall–Kier alpha value is -1.50. The van der Waals surface area contributed by atoms with Crippen molar-refractivity contribution in [2.45, 2.75) is 19.9 Å². The molecule has 0 radical (unpaired) electrons. The molecule has 1 aromatic rings. The third-order valence-corrected chi connectivity index (χ3v) is 3.21. The molecule has 0 heterocycles. The first-order valence-corrected chi connectivity index (χ1v) is 7.97. The maximum Gasteiger partial charge on any atom is 0.239 e. The number of halogens is 1. The first-order chi connectivity index (χ1) is 11.1. The molecule has 1 aromatic carbocycles. The van der Waals surface area contributed by atoms with Gasteiger partial charge in [0, 0.05) is 19.8 Å². The number of hydrogen-bond acceptors (Lipinski definition) is 5. The lowest BCUT2D eigenvalue weighted by Gasteiger charge is -2.16. The molecular weight excluding hydrogens is 320 g/mol. The zero-order valence-corrected chi connectivity index (χ0v) is 14.6. The van der Waals surface area contributed by atoms with Crippen LogP contribution in [0.4, 0.5) is 5.69 Å². The summed E-state index contributed by atoms with van der Waals surface area (Å²) >= 11 is 6.16. The SMILES string of the molecule is CCOCCOc1c(Cl)cccc1NCC(=O)NC(C)COC. The quantitative estimate of drug-likeness (QED) is 0.603. The van der Waals surface area contributed by atoms with Crippen LogP contribution in [0.15, 0.2) is 18.2 Å². The highest BCUT2D eigenvalue weighted by Gasteiger charge is 2.11. The summed E-state index contributed by atoms with van der Waals surface area (Å²) in [4.78, 5) is 11.9. The first kappa shape index (κ1) is 19.5. The summed E-state index contributed by atoms with van der Waals surface area (Å²) in [5, 5.41) is 6.35. The molecule has 0 aromatic heterocycles. The highest BCUT2D eigenvalue weighted by atomic mass is 35.5. The van der Waals surface area contributed by atoms with Gasteiger partial charge in [-0.3, -0.25) is 4.79 Å². The van der Waals surface area contributed by atoms with Crippen molar-refractivity contribution in [3.05, 3.63) is 23.2 Å². The Morgan fingerprint density at radius 2 is 2.13 bits per heavy atom. The Labute approximate surface area is 142 Å². The standard InChI is InChI=1S/C16H25ClN2O4/c1-4-22-8-9-23-16-13(17)6-5-7-14(16)18-10-15(20)19-12(2)11-21-3/h5-7,12,18H,4,8-11H2,1-3H3,(H,19,20). The fourth-order valence-electron chi connectivity index (χ4n) is 1.93. The zero-order valence-electron chi connectivity index (χ0n) is 13.9. The smallest absolute Gasteiger partial charge is 0.239 e. The number of methoxy groups -OCH3 is 1. The van der Waals surface area contributed by atoms with Gasteiger partial charge in [0.05, 0.1) is 30.5 Å². The second-order valence-electron chi connectivity index (χ2n) is 4.94. The molecule has 0 saturated carbocycles. The maximum absolute atomic E-state index is 11.9. The molecule has 0 bridgehead atoms. The molecule has 1 amide bonds. The van der Waals surface area contributed by atoms with Crippen molar-refractivity contribution in [1.29, 1.82) is 0 Å². The number of para-hydroxylation sites is 1. The van der Waals surface area contributed by atoms with Gasteiger partial charge in [0.15, 0.2) is 5.75 Å². The molecule has 0 aliphatic carbocycles. The third kappa shape index (κ3) is 7.54. The fourth-order valence-corrected chi connectivity index (χ4v) is 2.16. The minimum atomic E-state index is -0.130. The number of carbonyl (C=O) groups excluding carboxylic acids is 1. The number of benzene rings is 1. The van der Waals surface area contributed by atoms with Crippen molar-refractivity contribution in [1.82, 2.24) is 5.32 Å². The summed E-state index contributed by atoms with van der Waals surface area (Å²) in [6, 6.07) is 5.30. The van der Waals surface area contributed by atoms with E-state index in [1.54, 1.807) is 19.2 Å². The van der Waals surface area contributed by atoms with Gasteiger partial charge in [-0.15, -0.1) is 0 Å². The Morgan fingerprint density at radius 1 is 1.35 bits per heavy atom. The second-order valence-corrected chi connectivity index (χ2v) is 5.35. The predicted octanol–water partition coefficient (Wildman–Crippen LogP) is 2.32. The largest absolute Gasteiger partial charge is 0.487 e. The zero-order chi connectivity index (χ0) is 17.1. The summed E-state index contributed by atoms with van der Waals surface area (Å²) in [6.07, 6.45) is 0. The molecule has 7 heteroatoms. The maximum atomic E-state index is 11.9. The molecule has 1 rings (SSSR count). The number of rotatable bonds is 11. The lowest BCUT2D eigenvalue weighted by atomic mass is 10.3. The van der Waals surface area contributed by atoms with Crippen LogP contribution in [0.25, 0.3) is 0 Å². The molecule has 0 spiro atoms. The van der Waals surface area contributed by atoms with Crippen LogP contribution in [0.3, 0.4) is 0 Å². The number of ether oxygens (including phenoxy) is 3. The minimum absolute atomic E-state index is 0.0458. The molecule has 0 fully saturated rings. The van der Waals surface area contributed by atoms with E-state index in [4.69, 9.17) is 25.8 Å². The number of hydrogen-bond donors (Lipinski definition) is 2. The van der Waals surface area contributed by atoms with E-state index in [0.29, 0.717) is 42.9 Å². The summed E-state index contributed by atoms with van der Waals surface area (Å²) in [5.41, 5.74) is 0.670. The van der Waals surface area contributed by atoms with Gasteiger partial charge in [0.25, 0.3) is 0 Å². The molecule has 0 saturated heterocycles. The van der Waals surface area contributed by atoms with Crippen LogP contribution in [0.5, 0.6) is 5.75 Å². The van der Waals surface area contributed by atoms with E-state index in [1.807, 2.05) is 19.9 Å². The average Bonchev–Trinajstić information content (AvgIpc) is 2.51. The minimum Gasteiger partial charge on any atom is -0.487 e. The van der Waals surface area contributed by atoms with Crippen LogP contribution in [-0.2, 0) is 14.3 Å². The van der Waals surface area contributed by atoms with Crippen LogP contribution in [0, 0.1) is 0 Å². The van der Waals surface area contributed by atoms with Crippen LogP contribution >= 0.6 is 11.6 Å². The van der Waals surface area contributed by atoms with Crippen LogP contribution in [-0.4, -0.2) is 52.0 Å². The van der Waals surface area contributed by atoms with Crippen molar-refractivity contribution >= 4 is 23.2 Å². The van der Waals surface area contributed by atoms with E-state index in [-0.39, 0.29) is 18.5 Å². The van der Waals surface area contributed by atoms with Gasteiger partial charge in [-0.25, -0.2) is 0 Å². The van der Waals surface area contributed by atoms with Crippen LogP contribution in [0.1, 0.15) is 13.8 Å². The first-order valence-electron chi connectivity index (χ1n) is 7.59. The van der Waals surface area contributed by atoms with Gasteiger partial charge in [-0.2, -0.15) is 0 Å². The number of anilines is 1. The molecular formula is C16H25ClN2O4. The molecule has 1 atom stereocenters. The second kappa shape index (κ2) is 11.1. The molecule has 130 valence electrons. The van der Waals surface area contributed by atoms with Crippen molar-refractivity contribution < 1.29 is 19.0 Å². The third-order valence-electron chi connectivity index (χ3n) is 2.91.